The molecule has 0 amide bonds. The third kappa shape index (κ3) is 3.24. The van der Waals surface area contributed by atoms with E-state index in [0.717, 1.165) is 18.2 Å². The lowest BCUT2D eigenvalue weighted by Crippen LogP contribution is -2.07. The molecule has 0 spiro atoms. The number of hydrogen-bond acceptors (Lipinski definition) is 2. The number of benzene rings is 1. The van der Waals surface area contributed by atoms with E-state index in [9.17, 15) is 13.9 Å². The zero-order valence-electron chi connectivity index (χ0n) is 12.1. The van der Waals surface area contributed by atoms with Gasteiger partial charge < -0.3 is 5.11 Å². The lowest BCUT2D eigenvalue weighted by Gasteiger charge is -2.14. The van der Waals surface area contributed by atoms with Crippen molar-refractivity contribution < 1.29 is 13.9 Å². The van der Waals surface area contributed by atoms with Gasteiger partial charge in [-0.1, -0.05) is 25.4 Å². The Labute approximate surface area is 127 Å². The summed E-state index contributed by atoms with van der Waals surface area (Å²) < 4.78 is 28.3. The van der Waals surface area contributed by atoms with Crippen LogP contribution in [0.4, 0.5) is 8.78 Å². The molecule has 1 atom stereocenters. The van der Waals surface area contributed by atoms with Crippen molar-refractivity contribution in [3.8, 4) is 0 Å². The highest BCUT2D eigenvalue weighted by Crippen LogP contribution is 2.32. The molecule has 0 aliphatic rings. The van der Waals surface area contributed by atoms with Gasteiger partial charge in [0.1, 0.15) is 16.8 Å². The zero-order chi connectivity index (χ0) is 15.7. The summed E-state index contributed by atoms with van der Waals surface area (Å²) in [5, 5.41) is 15.0. The molecule has 0 aliphatic heterocycles. The van der Waals surface area contributed by atoms with Crippen molar-refractivity contribution in [2.45, 2.75) is 32.3 Å². The molecule has 0 radical (unpaired) electrons. The van der Waals surface area contributed by atoms with Gasteiger partial charge in [0, 0.05) is 19.0 Å². The Kier molecular flexibility index (Phi) is 4.64. The Hall–Kier alpha value is -1.46. The standard InChI is InChI=1S/C15H17ClF2N2O/c1-8(2)14-13(15(16)20(3)19-14)12(21)7-9-6-10(17)4-5-11(9)18/h4-6,8,12,21H,7H2,1-3H3. The van der Waals surface area contributed by atoms with Gasteiger partial charge in [-0.05, 0) is 29.7 Å². The topological polar surface area (TPSA) is 38.0 Å². The van der Waals surface area contributed by atoms with E-state index in [1.807, 2.05) is 13.8 Å². The molecule has 1 N–H and O–H groups in total. The molecule has 0 aliphatic carbocycles. The smallest absolute Gasteiger partial charge is 0.132 e. The number of aryl methyl sites for hydroxylation is 1. The van der Waals surface area contributed by atoms with Gasteiger partial charge in [0.25, 0.3) is 0 Å². The number of rotatable bonds is 4. The fraction of sp³-hybridized carbons (Fsp3) is 0.400. The minimum atomic E-state index is -1.04. The molecule has 0 saturated heterocycles. The molecule has 2 aromatic rings. The molecular weight excluding hydrogens is 298 g/mol. The van der Waals surface area contributed by atoms with Crippen molar-refractivity contribution in [3.63, 3.8) is 0 Å². The van der Waals surface area contributed by atoms with E-state index >= 15 is 0 Å². The Morgan fingerprint density at radius 2 is 2.00 bits per heavy atom. The van der Waals surface area contributed by atoms with Crippen molar-refractivity contribution in [2.75, 3.05) is 0 Å². The average Bonchev–Trinajstić information content (AvgIpc) is 2.70. The summed E-state index contributed by atoms with van der Waals surface area (Å²) in [6, 6.07) is 3.17. The van der Waals surface area contributed by atoms with Gasteiger partial charge in [-0.3, -0.25) is 4.68 Å². The zero-order valence-corrected chi connectivity index (χ0v) is 12.8. The van der Waals surface area contributed by atoms with Crippen molar-refractivity contribution in [3.05, 3.63) is 51.8 Å². The largest absolute Gasteiger partial charge is 0.388 e. The summed E-state index contributed by atoms with van der Waals surface area (Å²) in [6.45, 7) is 3.86. The van der Waals surface area contributed by atoms with E-state index < -0.39 is 17.7 Å². The first-order valence-electron chi connectivity index (χ1n) is 6.65. The third-order valence-electron chi connectivity index (χ3n) is 3.34. The molecule has 0 bridgehead atoms. The number of aromatic nitrogens is 2. The maximum absolute atomic E-state index is 13.7. The molecule has 0 saturated carbocycles. The monoisotopic (exact) mass is 314 g/mol. The van der Waals surface area contributed by atoms with Crippen LogP contribution in [0.1, 0.15) is 42.7 Å². The summed E-state index contributed by atoms with van der Waals surface area (Å²) in [6.07, 6.45) is -1.10. The SMILES string of the molecule is CC(C)c1nn(C)c(Cl)c1C(O)Cc1cc(F)ccc1F. The van der Waals surface area contributed by atoms with E-state index in [4.69, 9.17) is 11.6 Å². The van der Waals surface area contributed by atoms with Gasteiger partial charge in [0.15, 0.2) is 0 Å². The lowest BCUT2D eigenvalue weighted by atomic mass is 9.97. The Bertz CT molecular complexity index is 655. The summed E-state index contributed by atoms with van der Waals surface area (Å²) in [5.41, 5.74) is 1.24. The number of aliphatic hydroxyl groups excluding tert-OH is 1. The van der Waals surface area contributed by atoms with Crippen molar-refractivity contribution in [1.82, 2.24) is 9.78 Å². The molecule has 0 fully saturated rings. The van der Waals surface area contributed by atoms with E-state index in [-0.39, 0.29) is 17.9 Å². The summed E-state index contributed by atoms with van der Waals surface area (Å²) >= 11 is 6.16. The molecule has 3 nitrogen and oxygen atoms in total. The maximum Gasteiger partial charge on any atom is 0.132 e. The highest BCUT2D eigenvalue weighted by molar-refractivity contribution is 6.30. The quantitative estimate of drug-likeness (QED) is 0.933. The van der Waals surface area contributed by atoms with E-state index in [0.29, 0.717) is 16.4 Å². The Morgan fingerprint density at radius 3 is 2.62 bits per heavy atom. The minimum absolute atomic E-state index is 0.0608. The van der Waals surface area contributed by atoms with Gasteiger partial charge >= 0.3 is 0 Å². The molecule has 6 heteroatoms. The lowest BCUT2D eigenvalue weighted by molar-refractivity contribution is 0.175. The predicted molar refractivity (Wildman–Crippen MR) is 77.3 cm³/mol. The van der Waals surface area contributed by atoms with Crippen molar-refractivity contribution in [1.29, 1.82) is 0 Å². The molecule has 1 aromatic heterocycles. The molecule has 1 heterocycles. The fourth-order valence-electron chi connectivity index (χ4n) is 2.28. The number of hydrogen-bond donors (Lipinski definition) is 1. The number of nitrogens with zero attached hydrogens (tertiary/aromatic N) is 2. The van der Waals surface area contributed by atoms with E-state index in [2.05, 4.69) is 5.10 Å². The van der Waals surface area contributed by atoms with Crippen molar-refractivity contribution in [2.24, 2.45) is 7.05 Å². The summed E-state index contributed by atoms with van der Waals surface area (Å²) in [7, 11) is 1.67. The summed E-state index contributed by atoms with van der Waals surface area (Å²) in [4.78, 5) is 0. The number of halogens is 3. The number of aliphatic hydroxyl groups is 1. The second-order valence-corrected chi connectivity index (χ2v) is 5.68. The third-order valence-corrected chi connectivity index (χ3v) is 3.79. The first-order valence-corrected chi connectivity index (χ1v) is 7.03. The second-order valence-electron chi connectivity index (χ2n) is 5.32. The van der Waals surface area contributed by atoms with Crippen LogP contribution in [0.5, 0.6) is 0 Å². The molecule has 1 unspecified atom stereocenters. The van der Waals surface area contributed by atoms with Crippen LogP contribution in [0.15, 0.2) is 18.2 Å². The minimum Gasteiger partial charge on any atom is -0.388 e. The van der Waals surface area contributed by atoms with Gasteiger partial charge in [0.2, 0.25) is 0 Å². The van der Waals surface area contributed by atoms with Crippen LogP contribution in [0.25, 0.3) is 0 Å². The van der Waals surface area contributed by atoms with Crippen LogP contribution < -0.4 is 0 Å². The van der Waals surface area contributed by atoms with Crippen LogP contribution in [-0.2, 0) is 13.5 Å². The highest BCUT2D eigenvalue weighted by Gasteiger charge is 2.24. The van der Waals surface area contributed by atoms with Gasteiger partial charge in [-0.25, -0.2) is 8.78 Å². The van der Waals surface area contributed by atoms with Crippen LogP contribution in [0, 0.1) is 11.6 Å². The maximum atomic E-state index is 13.7. The fourth-order valence-corrected chi connectivity index (χ4v) is 2.54. The normalized spacial score (nSPS) is 13.0. The first kappa shape index (κ1) is 15.9. The van der Waals surface area contributed by atoms with E-state index in [1.165, 1.54) is 4.68 Å². The summed E-state index contributed by atoms with van der Waals surface area (Å²) in [5.74, 6) is -1.03. The van der Waals surface area contributed by atoms with Gasteiger partial charge in [-0.2, -0.15) is 5.10 Å². The Morgan fingerprint density at radius 1 is 1.33 bits per heavy atom. The van der Waals surface area contributed by atoms with Crippen molar-refractivity contribution >= 4 is 11.6 Å². The molecule has 21 heavy (non-hydrogen) atoms. The second kappa shape index (κ2) is 6.12. The molecule has 2 rings (SSSR count). The first-order chi connectivity index (χ1) is 9.81. The molecule has 114 valence electrons. The van der Waals surface area contributed by atoms with Gasteiger partial charge in [0.05, 0.1) is 11.8 Å². The van der Waals surface area contributed by atoms with Gasteiger partial charge in [-0.15, -0.1) is 0 Å². The van der Waals surface area contributed by atoms with Crippen LogP contribution >= 0.6 is 11.6 Å². The van der Waals surface area contributed by atoms with Crippen LogP contribution in [-0.4, -0.2) is 14.9 Å². The molecule has 1 aromatic carbocycles. The van der Waals surface area contributed by atoms with Crippen LogP contribution in [0.3, 0.4) is 0 Å². The molecular formula is C15H17ClF2N2O. The average molecular weight is 315 g/mol. The Balaban J connectivity index is 2.36. The predicted octanol–water partition coefficient (Wildman–Crippen LogP) is 3.75. The van der Waals surface area contributed by atoms with Crippen LogP contribution in [0.2, 0.25) is 5.15 Å². The van der Waals surface area contributed by atoms with E-state index in [1.54, 1.807) is 7.05 Å². The highest BCUT2D eigenvalue weighted by atomic mass is 35.5.